The quantitative estimate of drug-likeness (QED) is 0.795. The normalized spacial score (nSPS) is 10.6. The summed E-state index contributed by atoms with van der Waals surface area (Å²) >= 11 is 7.08. The number of hydrogen-bond acceptors (Lipinski definition) is 3. The summed E-state index contributed by atoms with van der Waals surface area (Å²) in [6.45, 7) is 0.129. The van der Waals surface area contributed by atoms with E-state index >= 15 is 0 Å². The minimum atomic E-state index is -0.936. The molecule has 1 heterocycles. The molecule has 6 heteroatoms. The van der Waals surface area contributed by atoms with E-state index in [-0.39, 0.29) is 18.9 Å². The van der Waals surface area contributed by atoms with Crippen molar-refractivity contribution >= 4 is 40.9 Å². The average Bonchev–Trinajstić information content (AvgIpc) is 2.61. The van der Waals surface area contributed by atoms with E-state index in [2.05, 4.69) is 5.32 Å². The fourth-order valence-corrected chi connectivity index (χ4v) is 1.89. The predicted molar refractivity (Wildman–Crippen MR) is 63.6 cm³/mol. The van der Waals surface area contributed by atoms with Crippen molar-refractivity contribution in [3.8, 4) is 0 Å². The zero-order valence-electron chi connectivity index (χ0n) is 8.27. The summed E-state index contributed by atoms with van der Waals surface area (Å²) in [6.07, 6.45) is 2.90. The molecule has 0 bridgehead atoms. The van der Waals surface area contributed by atoms with Gasteiger partial charge in [-0.1, -0.05) is 11.6 Å². The second-order valence-electron chi connectivity index (χ2n) is 2.91. The fraction of sp³-hybridized carbons (Fsp3) is 0.200. The van der Waals surface area contributed by atoms with Crippen LogP contribution in [0.1, 0.15) is 11.3 Å². The molecule has 0 spiro atoms. The molecule has 0 aliphatic rings. The van der Waals surface area contributed by atoms with Crippen molar-refractivity contribution in [1.82, 2.24) is 5.32 Å². The third-order valence-electron chi connectivity index (χ3n) is 1.63. The number of carboxylic acids is 1. The SMILES string of the molecule is O=C(O)CCNC(=O)/C=C/c1ccc(Cl)s1. The molecule has 0 saturated heterocycles. The van der Waals surface area contributed by atoms with Gasteiger partial charge in [-0.05, 0) is 18.2 Å². The van der Waals surface area contributed by atoms with Crippen molar-refractivity contribution in [3.05, 3.63) is 27.4 Å². The van der Waals surface area contributed by atoms with E-state index in [9.17, 15) is 9.59 Å². The highest BCUT2D eigenvalue weighted by Gasteiger charge is 1.99. The highest BCUT2D eigenvalue weighted by atomic mass is 35.5. The number of nitrogens with one attached hydrogen (secondary N) is 1. The molecule has 0 fully saturated rings. The molecular formula is C10H10ClNO3S. The van der Waals surface area contributed by atoms with Gasteiger partial charge in [0.2, 0.25) is 5.91 Å². The summed E-state index contributed by atoms with van der Waals surface area (Å²) in [5.74, 6) is -1.25. The first kappa shape index (κ1) is 12.7. The summed E-state index contributed by atoms with van der Waals surface area (Å²) in [7, 11) is 0. The zero-order chi connectivity index (χ0) is 12.0. The number of aliphatic carboxylic acids is 1. The minimum absolute atomic E-state index is 0.0790. The molecule has 1 rings (SSSR count). The Balaban J connectivity index is 2.34. The van der Waals surface area contributed by atoms with E-state index in [4.69, 9.17) is 16.7 Å². The zero-order valence-corrected chi connectivity index (χ0v) is 9.85. The van der Waals surface area contributed by atoms with Gasteiger partial charge in [0.1, 0.15) is 0 Å². The van der Waals surface area contributed by atoms with Gasteiger partial charge >= 0.3 is 5.97 Å². The van der Waals surface area contributed by atoms with Crippen LogP contribution in [0.4, 0.5) is 0 Å². The van der Waals surface area contributed by atoms with Crippen LogP contribution < -0.4 is 5.32 Å². The average molecular weight is 260 g/mol. The first-order valence-corrected chi connectivity index (χ1v) is 5.70. The molecule has 0 saturated carbocycles. The Hall–Kier alpha value is -1.33. The number of carbonyl (C=O) groups is 2. The Bertz CT molecular complexity index is 414. The maximum absolute atomic E-state index is 11.2. The summed E-state index contributed by atoms with van der Waals surface area (Å²) in [5, 5.41) is 10.8. The summed E-state index contributed by atoms with van der Waals surface area (Å²) < 4.78 is 0.658. The van der Waals surface area contributed by atoms with E-state index in [0.717, 1.165) is 4.88 Å². The number of halogens is 1. The van der Waals surface area contributed by atoms with E-state index in [1.54, 1.807) is 18.2 Å². The predicted octanol–water partition coefficient (Wildman–Crippen LogP) is 2.01. The lowest BCUT2D eigenvalue weighted by Gasteiger charge is -1.97. The minimum Gasteiger partial charge on any atom is -0.481 e. The lowest BCUT2D eigenvalue weighted by molar-refractivity contribution is -0.136. The van der Waals surface area contributed by atoms with Gasteiger partial charge in [0, 0.05) is 17.5 Å². The van der Waals surface area contributed by atoms with Gasteiger partial charge in [-0.2, -0.15) is 0 Å². The molecule has 0 aromatic carbocycles. The van der Waals surface area contributed by atoms with Crippen LogP contribution in [0.15, 0.2) is 18.2 Å². The standard InChI is InChI=1S/C10H10ClNO3S/c11-8-3-1-7(16-8)2-4-9(13)12-6-5-10(14)15/h1-4H,5-6H2,(H,12,13)(H,14,15)/b4-2+. The smallest absolute Gasteiger partial charge is 0.305 e. The van der Waals surface area contributed by atoms with Crippen LogP contribution in [0.3, 0.4) is 0 Å². The first-order chi connectivity index (χ1) is 7.58. The second-order valence-corrected chi connectivity index (χ2v) is 4.66. The maximum Gasteiger partial charge on any atom is 0.305 e. The number of carbonyl (C=O) groups excluding carboxylic acids is 1. The van der Waals surface area contributed by atoms with E-state index in [1.165, 1.54) is 17.4 Å². The number of carboxylic acid groups (broad SMARTS) is 1. The van der Waals surface area contributed by atoms with Crippen molar-refractivity contribution in [2.75, 3.05) is 6.54 Å². The maximum atomic E-state index is 11.2. The molecule has 16 heavy (non-hydrogen) atoms. The van der Waals surface area contributed by atoms with Gasteiger partial charge in [-0.25, -0.2) is 0 Å². The van der Waals surface area contributed by atoms with Gasteiger partial charge in [-0.15, -0.1) is 11.3 Å². The van der Waals surface area contributed by atoms with Crippen LogP contribution in [0.25, 0.3) is 6.08 Å². The fourth-order valence-electron chi connectivity index (χ4n) is 0.927. The molecule has 0 aliphatic carbocycles. The first-order valence-electron chi connectivity index (χ1n) is 4.51. The van der Waals surface area contributed by atoms with Crippen molar-refractivity contribution in [1.29, 1.82) is 0 Å². The van der Waals surface area contributed by atoms with Gasteiger partial charge in [0.25, 0.3) is 0 Å². The van der Waals surface area contributed by atoms with Crippen molar-refractivity contribution in [2.24, 2.45) is 0 Å². The Morgan fingerprint density at radius 1 is 1.50 bits per heavy atom. The topological polar surface area (TPSA) is 66.4 Å². The van der Waals surface area contributed by atoms with Crippen LogP contribution in [-0.4, -0.2) is 23.5 Å². The number of amides is 1. The summed E-state index contributed by atoms with van der Waals surface area (Å²) in [5.41, 5.74) is 0. The molecule has 4 nitrogen and oxygen atoms in total. The van der Waals surface area contributed by atoms with Crippen LogP contribution in [-0.2, 0) is 9.59 Å². The molecule has 2 N–H and O–H groups in total. The molecule has 1 aromatic heterocycles. The lowest BCUT2D eigenvalue weighted by Crippen LogP contribution is -2.23. The molecular weight excluding hydrogens is 250 g/mol. The highest BCUT2D eigenvalue weighted by molar-refractivity contribution is 7.17. The number of thiophene rings is 1. The van der Waals surface area contributed by atoms with Gasteiger partial charge in [0.05, 0.1) is 10.8 Å². The van der Waals surface area contributed by atoms with Crippen LogP contribution in [0, 0.1) is 0 Å². The van der Waals surface area contributed by atoms with Gasteiger partial charge in [0.15, 0.2) is 0 Å². The van der Waals surface area contributed by atoms with Crippen molar-refractivity contribution in [2.45, 2.75) is 6.42 Å². The monoisotopic (exact) mass is 259 g/mol. The van der Waals surface area contributed by atoms with E-state index < -0.39 is 5.97 Å². The van der Waals surface area contributed by atoms with Crippen molar-refractivity contribution < 1.29 is 14.7 Å². The molecule has 0 unspecified atom stereocenters. The van der Waals surface area contributed by atoms with Crippen LogP contribution in [0.5, 0.6) is 0 Å². The van der Waals surface area contributed by atoms with Crippen LogP contribution >= 0.6 is 22.9 Å². The Morgan fingerprint density at radius 2 is 2.25 bits per heavy atom. The molecule has 0 radical (unpaired) electrons. The lowest BCUT2D eigenvalue weighted by atomic mass is 10.4. The second kappa shape index (κ2) is 6.30. The Labute approximate surface area is 102 Å². The van der Waals surface area contributed by atoms with Gasteiger partial charge < -0.3 is 10.4 Å². The van der Waals surface area contributed by atoms with E-state index in [1.807, 2.05) is 0 Å². The van der Waals surface area contributed by atoms with Crippen molar-refractivity contribution in [3.63, 3.8) is 0 Å². The molecule has 1 aromatic rings. The molecule has 0 aliphatic heterocycles. The van der Waals surface area contributed by atoms with Gasteiger partial charge in [-0.3, -0.25) is 9.59 Å². The molecule has 0 atom stereocenters. The summed E-state index contributed by atoms with van der Waals surface area (Å²) in [6, 6.07) is 3.54. The highest BCUT2D eigenvalue weighted by Crippen LogP contribution is 2.22. The third kappa shape index (κ3) is 4.95. The van der Waals surface area contributed by atoms with E-state index in [0.29, 0.717) is 4.34 Å². The molecule has 1 amide bonds. The number of hydrogen-bond donors (Lipinski definition) is 2. The Kier molecular flexibility index (Phi) is 5.01. The summed E-state index contributed by atoms with van der Waals surface area (Å²) in [4.78, 5) is 22.2. The Morgan fingerprint density at radius 3 is 2.81 bits per heavy atom. The molecule has 86 valence electrons. The largest absolute Gasteiger partial charge is 0.481 e. The van der Waals surface area contributed by atoms with Crippen LogP contribution in [0.2, 0.25) is 4.34 Å². The third-order valence-corrected chi connectivity index (χ3v) is 2.83. The number of rotatable bonds is 5.